The Labute approximate surface area is 227 Å². The molecule has 200 valence electrons. The van der Waals surface area contributed by atoms with Crippen LogP contribution in [0.4, 0.5) is 0 Å². The lowest BCUT2D eigenvalue weighted by Crippen LogP contribution is -2.30. The Morgan fingerprint density at radius 2 is 1.57 bits per heavy atom. The topological polar surface area (TPSA) is 95.5 Å². The molecule has 0 unspecified atom stereocenters. The molecule has 0 fully saturated rings. The molecular weight excluding hydrogens is 508 g/mol. The van der Waals surface area contributed by atoms with Crippen molar-refractivity contribution in [1.29, 1.82) is 0 Å². The van der Waals surface area contributed by atoms with Gasteiger partial charge in [-0.05, 0) is 65.6 Å². The van der Waals surface area contributed by atoms with E-state index in [9.17, 15) is 18.3 Å². The van der Waals surface area contributed by atoms with Crippen molar-refractivity contribution in [2.75, 3.05) is 19.3 Å². The normalized spacial score (nSPS) is 12.1. The number of carbonyl (C=O) groups is 1. The van der Waals surface area contributed by atoms with Crippen LogP contribution in [-0.4, -0.2) is 38.8 Å². The summed E-state index contributed by atoms with van der Waals surface area (Å²) in [6, 6.07) is 23.5. The van der Waals surface area contributed by atoms with E-state index >= 15 is 0 Å². The highest BCUT2D eigenvalue weighted by atomic mass is 35.5. The first-order valence-electron chi connectivity index (χ1n) is 12.3. The molecule has 6 nitrogen and oxygen atoms in total. The fourth-order valence-corrected chi connectivity index (χ4v) is 4.44. The summed E-state index contributed by atoms with van der Waals surface area (Å²) in [5, 5.41) is 13.6. The van der Waals surface area contributed by atoms with E-state index in [-0.39, 0.29) is 12.4 Å². The van der Waals surface area contributed by atoms with E-state index in [0.29, 0.717) is 24.4 Å². The third-order valence-electron chi connectivity index (χ3n) is 6.02. The van der Waals surface area contributed by atoms with Crippen LogP contribution in [0.5, 0.6) is 0 Å². The molecule has 3 aromatic carbocycles. The van der Waals surface area contributed by atoms with Gasteiger partial charge in [-0.25, -0.2) is 13.1 Å². The van der Waals surface area contributed by atoms with Crippen LogP contribution < -0.4 is 10.0 Å². The van der Waals surface area contributed by atoms with Crippen molar-refractivity contribution in [2.45, 2.75) is 39.2 Å². The SMILES string of the molecule is CC(C)CCc1cc(-c2ccc(CCNC[C@@H](O)c3ccccc3)cc2)ccc1C(=O)NS(C)(=O)=O.Cl. The predicted molar refractivity (Wildman–Crippen MR) is 153 cm³/mol. The van der Waals surface area contributed by atoms with Crippen LogP contribution in [0.3, 0.4) is 0 Å². The van der Waals surface area contributed by atoms with Crippen molar-refractivity contribution >= 4 is 28.3 Å². The van der Waals surface area contributed by atoms with Crippen LogP contribution in [0.1, 0.15) is 53.4 Å². The van der Waals surface area contributed by atoms with Crippen molar-refractivity contribution in [1.82, 2.24) is 10.0 Å². The summed E-state index contributed by atoms with van der Waals surface area (Å²) < 4.78 is 25.2. The Morgan fingerprint density at radius 3 is 2.19 bits per heavy atom. The molecular formula is C29H37ClN2O4S. The van der Waals surface area contributed by atoms with Gasteiger partial charge in [0.15, 0.2) is 0 Å². The van der Waals surface area contributed by atoms with Crippen molar-refractivity contribution in [2.24, 2.45) is 5.92 Å². The highest BCUT2D eigenvalue weighted by Gasteiger charge is 2.16. The fourth-order valence-electron chi connectivity index (χ4n) is 4.00. The van der Waals surface area contributed by atoms with Crippen molar-refractivity contribution in [3.05, 3.63) is 95.1 Å². The zero-order chi connectivity index (χ0) is 26.1. The molecule has 0 aliphatic carbocycles. The molecule has 3 rings (SSSR count). The standard InChI is InChI=1S/C29H36N2O4S.ClH/c1-21(2)9-12-26-19-25(15-16-27(26)29(33)31-36(3,34)35)23-13-10-22(11-14-23)17-18-30-20-28(32)24-7-5-4-6-8-24;/h4-8,10-11,13-16,19,21,28,30,32H,9,12,17-18,20H2,1-3H3,(H,31,33);1H/t28-;/m1./s1. The predicted octanol–water partition coefficient (Wildman–Crippen LogP) is 4.92. The second kappa shape index (κ2) is 14.3. The third kappa shape index (κ3) is 9.93. The number of amides is 1. The molecule has 3 N–H and O–H groups in total. The van der Waals surface area contributed by atoms with Gasteiger partial charge in [0.05, 0.1) is 12.4 Å². The number of benzene rings is 3. The minimum absolute atomic E-state index is 0. The highest BCUT2D eigenvalue weighted by Crippen LogP contribution is 2.25. The zero-order valence-corrected chi connectivity index (χ0v) is 23.2. The maximum Gasteiger partial charge on any atom is 0.264 e. The number of nitrogens with one attached hydrogen (secondary N) is 2. The van der Waals surface area contributed by atoms with Gasteiger partial charge in [0.1, 0.15) is 0 Å². The number of sulfonamides is 1. The van der Waals surface area contributed by atoms with Crippen molar-refractivity contribution in [3.8, 4) is 11.1 Å². The molecule has 0 aliphatic heterocycles. The summed E-state index contributed by atoms with van der Waals surface area (Å²) >= 11 is 0. The molecule has 1 atom stereocenters. The Morgan fingerprint density at radius 1 is 0.919 bits per heavy atom. The van der Waals surface area contributed by atoms with Crippen LogP contribution in [0.25, 0.3) is 11.1 Å². The van der Waals surface area contributed by atoms with Crippen LogP contribution >= 0.6 is 12.4 Å². The van der Waals surface area contributed by atoms with Gasteiger partial charge in [-0.3, -0.25) is 4.79 Å². The van der Waals surface area contributed by atoms with Gasteiger partial charge in [-0.15, -0.1) is 12.4 Å². The molecule has 0 spiro atoms. The van der Waals surface area contributed by atoms with Gasteiger partial charge < -0.3 is 10.4 Å². The van der Waals surface area contributed by atoms with Gasteiger partial charge >= 0.3 is 0 Å². The molecule has 0 heterocycles. The number of rotatable bonds is 12. The van der Waals surface area contributed by atoms with Crippen molar-refractivity contribution in [3.63, 3.8) is 0 Å². The maximum atomic E-state index is 12.6. The fraction of sp³-hybridized carbons (Fsp3) is 0.345. The van der Waals surface area contributed by atoms with E-state index in [4.69, 9.17) is 0 Å². The average molecular weight is 545 g/mol. The highest BCUT2D eigenvalue weighted by molar-refractivity contribution is 7.89. The Bertz CT molecular complexity index is 1250. The van der Waals surface area contributed by atoms with E-state index in [1.54, 1.807) is 6.07 Å². The van der Waals surface area contributed by atoms with Gasteiger partial charge in [-0.2, -0.15) is 0 Å². The van der Waals surface area contributed by atoms with Crippen LogP contribution in [0.2, 0.25) is 0 Å². The molecule has 0 radical (unpaired) electrons. The number of aliphatic hydroxyl groups excluding tert-OH is 1. The lowest BCUT2D eigenvalue weighted by atomic mass is 9.93. The summed E-state index contributed by atoms with van der Waals surface area (Å²) in [5.41, 5.74) is 5.34. The summed E-state index contributed by atoms with van der Waals surface area (Å²) in [6.07, 6.45) is 2.88. The van der Waals surface area contributed by atoms with E-state index in [1.807, 2.05) is 42.5 Å². The van der Waals surface area contributed by atoms with E-state index in [0.717, 1.165) is 47.9 Å². The molecule has 0 aromatic heterocycles. The number of halogens is 1. The summed E-state index contributed by atoms with van der Waals surface area (Å²) in [6.45, 7) is 5.50. The van der Waals surface area contributed by atoms with E-state index in [1.165, 1.54) is 5.56 Å². The van der Waals surface area contributed by atoms with Crippen LogP contribution in [0, 0.1) is 5.92 Å². The molecule has 1 amide bonds. The van der Waals surface area contributed by atoms with Gasteiger partial charge in [0.25, 0.3) is 5.91 Å². The summed E-state index contributed by atoms with van der Waals surface area (Å²) in [4.78, 5) is 12.6. The Hall–Kier alpha value is -2.71. The molecule has 0 saturated carbocycles. The first-order valence-corrected chi connectivity index (χ1v) is 14.2. The monoisotopic (exact) mass is 544 g/mol. The summed E-state index contributed by atoms with van der Waals surface area (Å²) in [5.74, 6) is -0.135. The third-order valence-corrected chi connectivity index (χ3v) is 6.57. The number of aliphatic hydroxyl groups is 1. The minimum Gasteiger partial charge on any atom is -0.387 e. The number of hydrogen-bond donors (Lipinski definition) is 3. The van der Waals surface area contributed by atoms with E-state index < -0.39 is 22.0 Å². The van der Waals surface area contributed by atoms with Gasteiger partial charge in [0.2, 0.25) is 10.0 Å². The molecule has 0 bridgehead atoms. The lowest BCUT2D eigenvalue weighted by Gasteiger charge is -2.14. The van der Waals surface area contributed by atoms with Crippen molar-refractivity contribution < 1.29 is 18.3 Å². The minimum atomic E-state index is -3.63. The molecule has 0 aliphatic rings. The Kier molecular flexibility index (Phi) is 11.8. The first kappa shape index (κ1) is 30.5. The van der Waals surface area contributed by atoms with Gasteiger partial charge in [-0.1, -0.05) is 80.6 Å². The maximum absolute atomic E-state index is 12.6. The van der Waals surface area contributed by atoms with Crippen LogP contribution in [0.15, 0.2) is 72.8 Å². The molecule has 8 heteroatoms. The average Bonchev–Trinajstić information content (AvgIpc) is 2.85. The summed E-state index contributed by atoms with van der Waals surface area (Å²) in [7, 11) is -3.63. The molecule has 3 aromatic rings. The Balaban J connectivity index is 0.00000481. The largest absolute Gasteiger partial charge is 0.387 e. The molecule has 37 heavy (non-hydrogen) atoms. The van der Waals surface area contributed by atoms with Crippen LogP contribution in [-0.2, 0) is 22.9 Å². The molecule has 0 saturated heterocycles. The van der Waals surface area contributed by atoms with E-state index in [2.05, 4.69) is 48.2 Å². The number of aryl methyl sites for hydroxylation is 1. The van der Waals surface area contributed by atoms with Gasteiger partial charge in [0, 0.05) is 12.1 Å². The number of carbonyl (C=O) groups excluding carboxylic acids is 1. The second-order valence-electron chi connectivity index (χ2n) is 9.59. The smallest absolute Gasteiger partial charge is 0.264 e. The second-order valence-corrected chi connectivity index (χ2v) is 11.3. The quantitative estimate of drug-likeness (QED) is 0.281. The lowest BCUT2D eigenvalue weighted by molar-refractivity contribution is 0.0980. The number of hydrogen-bond acceptors (Lipinski definition) is 5. The zero-order valence-electron chi connectivity index (χ0n) is 21.6. The first-order chi connectivity index (χ1) is 17.1.